The first-order chi connectivity index (χ1) is 9.81. The first kappa shape index (κ1) is 13.8. The molecular formula is C16H20BrN3. The molecular weight excluding hydrogens is 314 g/mol. The second-order valence-corrected chi connectivity index (χ2v) is 6.40. The minimum absolute atomic E-state index is 0.694. The number of benzene rings is 1. The van der Waals surface area contributed by atoms with Crippen molar-refractivity contribution in [1.82, 2.24) is 15.1 Å². The third-order valence-corrected chi connectivity index (χ3v) is 4.46. The van der Waals surface area contributed by atoms with Crippen molar-refractivity contribution in [3.63, 3.8) is 0 Å². The summed E-state index contributed by atoms with van der Waals surface area (Å²) in [5.74, 6) is 0. The van der Waals surface area contributed by atoms with E-state index in [1.54, 1.807) is 0 Å². The number of nitrogens with one attached hydrogen (secondary N) is 1. The van der Waals surface area contributed by atoms with Crippen LogP contribution in [0.2, 0.25) is 0 Å². The Morgan fingerprint density at radius 1 is 1.15 bits per heavy atom. The molecule has 3 nitrogen and oxygen atoms in total. The van der Waals surface area contributed by atoms with Gasteiger partial charge in [-0.15, -0.1) is 0 Å². The fourth-order valence-corrected chi connectivity index (χ4v) is 3.02. The molecule has 0 saturated heterocycles. The van der Waals surface area contributed by atoms with Crippen molar-refractivity contribution in [2.75, 3.05) is 0 Å². The van der Waals surface area contributed by atoms with Gasteiger partial charge in [-0.1, -0.05) is 35.2 Å². The Labute approximate surface area is 128 Å². The summed E-state index contributed by atoms with van der Waals surface area (Å²) < 4.78 is 3.03. The number of hydrogen-bond donors (Lipinski definition) is 1. The van der Waals surface area contributed by atoms with Crippen LogP contribution >= 0.6 is 15.9 Å². The molecule has 0 aliphatic heterocycles. The summed E-state index contributed by atoms with van der Waals surface area (Å²) in [6, 6.07) is 8.90. The van der Waals surface area contributed by atoms with Crippen LogP contribution in [0.15, 0.2) is 41.1 Å². The van der Waals surface area contributed by atoms with Gasteiger partial charge in [-0.25, -0.2) is 4.68 Å². The second-order valence-electron chi connectivity index (χ2n) is 5.49. The highest BCUT2D eigenvalue weighted by Gasteiger charge is 2.12. The molecule has 1 aromatic heterocycles. The summed E-state index contributed by atoms with van der Waals surface area (Å²) in [5.41, 5.74) is 2.34. The maximum Gasteiger partial charge on any atom is 0.0646 e. The Kier molecular flexibility index (Phi) is 4.53. The van der Waals surface area contributed by atoms with Gasteiger partial charge in [0.25, 0.3) is 0 Å². The Bertz CT molecular complexity index is 541. The molecule has 20 heavy (non-hydrogen) atoms. The van der Waals surface area contributed by atoms with Gasteiger partial charge >= 0.3 is 0 Å². The minimum atomic E-state index is 0.694. The lowest BCUT2D eigenvalue weighted by Gasteiger charge is -2.22. The van der Waals surface area contributed by atoms with Gasteiger partial charge in [0.1, 0.15) is 0 Å². The Morgan fingerprint density at radius 3 is 2.65 bits per heavy atom. The van der Waals surface area contributed by atoms with Crippen LogP contribution in [0.4, 0.5) is 0 Å². The molecule has 2 aromatic rings. The molecule has 0 spiro atoms. The van der Waals surface area contributed by atoms with E-state index in [2.05, 4.69) is 44.7 Å². The lowest BCUT2D eigenvalue weighted by Crippen LogP contribution is -2.30. The largest absolute Gasteiger partial charge is 0.310 e. The maximum absolute atomic E-state index is 4.44. The molecule has 106 valence electrons. The summed E-state index contributed by atoms with van der Waals surface area (Å²) in [6.07, 6.45) is 10.9. The fourth-order valence-electron chi connectivity index (χ4n) is 2.76. The van der Waals surface area contributed by atoms with E-state index in [9.17, 15) is 0 Å². The van der Waals surface area contributed by atoms with Crippen molar-refractivity contribution in [2.24, 2.45) is 0 Å². The van der Waals surface area contributed by atoms with Crippen molar-refractivity contribution < 1.29 is 0 Å². The summed E-state index contributed by atoms with van der Waals surface area (Å²) in [7, 11) is 0. The molecule has 0 radical (unpaired) electrons. The summed E-state index contributed by atoms with van der Waals surface area (Å²) in [6.45, 7) is 0.918. The van der Waals surface area contributed by atoms with E-state index < -0.39 is 0 Å². The van der Waals surface area contributed by atoms with Crippen molar-refractivity contribution in [3.8, 4) is 5.69 Å². The number of rotatable bonds is 4. The third kappa shape index (κ3) is 3.49. The highest BCUT2D eigenvalue weighted by molar-refractivity contribution is 9.10. The summed E-state index contributed by atoms with van der Waals surface area (Å²) >= 11 is 3.45. The average molecular weight is 334 g/mol. The molecule has 1 aliphatic carbocycles. The van der Waals surface area contributed by atoms with E-state index in [4.69, 9.17) is 0 Å². The zero-order chi connectivity index (χ0) is 13.8. The zero-order valence-electron chi connectivity index (χ0n) is 11.6. The Balaban J connectivity index is 1.60. The predicted octanol–water partition coefficient (Wildman–Crippen LogP) is 4.06. The zero-order valence-corrected chi connectivity index (χ0v) is 13.1. The molecule has 3 rings (SSSR count). The average Bonchev–Trinajstić information content (AvgIpc) is 2.96. The number of halogens is 1. The van der Waals surface area contributed by atoms with Gasteiger partial charge in [0.15, 0.2) is 0 Å². The fraction of sp³-hybridized carbons (Fsp3) is 0.438. The molecule has 1 N–H and O–H groups in total. The van der Waals surface area contributed by atoms with E-state index in [0.29, 0.717) is 6.04 Å². The quantitative estimate of drug-likeness (QED) is 0.914. The van der Waals surface area contributed by atoms with E-state index in [1.165, 1.54) is 37.7 Å². The van der Waals surface area contributed by atoms with Crippen LogP contribution in [-0.2, 0) is 6.54 Å². The maximum atomic E-state index is 4.44. The molecule has 1 aliphatic rings. The molecule has 1 fully saturated rings. The standard InChI is InChI=1S/C16H20BrN3/c17-14-6-8-16(9-7-14)20-12-13(11-19-20)10-18-15-4-2-1-3-5-15/h6-9,11-12,15,18H,1-5,10H2. The Hall–Kier alpha value is -1.13. The van der Waals surface area contributed by atoms with E-state index in [0.717, 1.165) is 16.7 Å². The number of aromatic nitrogens is 2. The first-order valence-electron chi connectivity index (χ1n) is 7.34. The van der Waals surface area contributed by atoms with Crippen LogP contribution in [-0.4, -0.2) is 15.8 Å². The molecule has 0 amide bonds. The normalized spacial score (nSPS) is 16.4. The molecule has 0 bridgehead atoms. The van der Waals surface area contributed by atoms with Crippen molar-refractivity contribution in [2.45, 2.75) is 44.7 Å². The van der Waals surface area contributed by atoms with Crippen LogP contribution in [0.3, 0.4) is 0 Å². The van der Waals surface area contributed by atoms with Gasteiger partial charge in [-0.05, 0) is 37.1 Å². The topological polar surface area (TPSA) is 29.9 Å². The van der Waals surface area contributed by atoms with E-state index >= 15 is 0 Å². The van der Waals surface area contributed by atoms with Crippen LogP contribution in [0.25, 0.3) is 5.69 Å². The van der Waals surface area contributed by atoms with Gasteiger partial charge in [0.05, 0.1) is 11.9 Å². The molecule has 1 aromatic carbocycles. The van der Waals surface area contributed by atoms with E-state index in [1.807, 2.05) is 23.0 Å². The van der Waals surface area contributed by atoms with Crippen LogP contribution in [0, 0.1) is 0 Å². The van der Waals surface area contributed by atoms with E-state index in [-0.39, 0.29) is 0 Å². The number of hydrogen-bond acceptors (Lipinski definition) is 2. The third-order valence-electron chi connectivity index (χ3n) is 3.93. The monoisotopic (exact) mass is 333 g/mol. The summed E-state index contributed by atoms with van der Waals surface area (Å²) in [4.78, 5) is 0. The van der Waals surface area contributed by atoms with Gasteiger partial charge in [0.2, 0.25) is 0 Å². The SMILES string of the molecule is Brc1ccc(-n2cc(CNC3CCCCC3)cn2)cc1. The van der Waals surface area contributed by atoms with Crippen molar-refractivity contribution in [3.05, 3.63) is 46.7 Å². The first-order valence-corrected chi connectivity index (χ1v) is 8.13. The second kappa shape index (κ2) is 6.55. The van der Waals surface area contributed by atoms with Gasteiger partial charge < -0.3 is 5.32 Å². The molecule has 1 heterocycles. The van der Waals surface area contributed by atoms with Crippen LogP contribution in [0.1, 0.15) is 37.7 Å². The summed E-state index contributed by atoms with van der Waals surface area (Å²) in [5, 5.41) is 8.09. The minimum Gasteiger partial charge on any atom is -0.310 e. The van der Waals surface area contributed by atoms with Gasteiger partial charge in [0, 0.05) is 28.8 Å². The van der Waals surface area contributed by atoms with Crippen molar-refractivity contribution >= 4 is 15.9 Å². The molecule has 0 unspecified atom stereocenters. The number of nitrogens with zero attached hydrogens (tertiary/aromatic N) is 2. The smallest absolute Gasteiger partial charge is 0.0646 e. The Morgan fingerprint density at radius 2 is 1.90 bits per heavy atom. The van der Waals surface area contributed by atoms with Gasteiger partial charge in [-0.2, -0.15) is 5.10 Å². The molecule has 4 heteroatoms. The lowest BCUT2D eigenvalue weighted by atomic mass is 9.95. The lowest BCUT2D eigenvalue weighted by molar-refractivity contribution is 0.372. The van der Waals surface area contributed by atoms with Crippen molar-refractivity contribution in [1.29, 1.82) is 0 Å². The van der Waals surface area contributed by atoms with Gasteiger partial charge in [-0.3, -0.25) is 0 Å². The highest BCUT2D eigenvalue weighted by atomic mass is 79.9. The molecule has 0 atom stereocenters. The highest BCUT2D eigenvalue weighted by Crippen LogP contribution is 2.18. The predicted molar refractivity (Wildman–Crippen MR) is 85.0 cm³/mol. The van der Waals surface area contributed by atoms with Crippen LogP contribution < -0.4 is 5.32 Å². The molecule has 1 saturated carbocycles. The van der Waals surface area contributed by atoms with Crippen LogP contribution in [0.5, 0.6) is 0 Å².